The van der Waals surface area contributed by atoms with Crippen molar-refractivity contribution < 1.29 is 9.53 Å². The molecule has 4 aromatic rings. The Balaban J connectivity index is 1.29. The minimum Gasteiger partial charge on any atom is -0.487 e. The average Bonchev–Trinajstić information content (AvgIpc) is 3.28. The van der Waals surface area contributed by atoms with Crippen LogP contribution in [0.2, 0.25) is 0 Å². The van der Waals surface area contributed by atoms with E-state index in [0.717, 1.165) is 16.9 Å². The Morgan fingerprint density at radius 1 is 1.06 bits per heavy atom. The highest BCUT2D eigenvalue weighted by molar-refractivity contribution is 5.94. The summed E-state index contributed by atoms with van der Waals surface area (Å²) in [6, 6.07) is 18.6. The predicted molar refractivity (Wildman–Crippen MR) is 116 cm³/mol. The molecule has 154 valence electrons. The molecule has 0 bridgehead atoms. The average molecular weight is 412 g/mol. The van der Waals surface area contributed by atoms with Gasteiger partial charge in [-0.05, 0) is 61.0 Å². The quantitative estimate of drug-likeness (QED) is 0.371. The second-order valence-corrected chi connectivity index (χ2v) is 6.78. The Kier molecular flexibility index (Phi) is 6.08. The molecule has 0 unspecified atom stereocenters. The van der Waals surface area contributed by atoms with Crippen LogP contribution < -0.4 is 10.2 Å². The molecule has 2 aromatic heterocycles. The van der Waals surface area contributed by atoms with Crippen LogP contribution in [-0.4, -0.2) is 32.1 Å². The maximum atomic E-state index is 11.9. The Bertz CT molecular complexity index is 1170. The lowest BCUT2D eigenvalue weighted by atomic mass is 10.2. The zero-order valence-electron chi connectivity index (χ0n) is 16.8. The molecule has 0 atom stereocenters. The lowest BCUT2D eigenvalue weighted by molar-refractivity contribution is 0.0955. The first-order valence-electron chi connectivity index (χ1n) is 9.62. The van der Waals surface area contributed by atoms with Crippen molar-refractivity contribution in [1.29, 1.82) is 0 Å². The number of carbonyl (C=O) groups is 1. The molecule has 0 aliphatic carbocycles. The highest BCUT2D eigenvalue weighted by atomic mass is 16.5. The fraction of sp³-hybridized carbons (Fsp3) is 0.0870. The number of benzene rings is 2. The third-order valence-electron chi connectivity index (χ3n) is 4.43. The second-order valence-electron chi connectivity index (χ2n) is 6.78. The fourth-order valence-corrected chi connectivity index (χ4v) is 2.73. The maximum Gasteiger partial charge on any atom is 0.271 e. The van der Waals surface area contributed by atoms with E-state index in [-0.39, 0.29) is 5.91 Å². The molecule has 2 aromatic carbocycles. The number of hydrogen-bond acceptors (Lipinski definition) is 6. The third kappa shape index (κ3) is 5.39. The van der Waals surface area contributed by atoms with Crippen LogP contribution in [0.3, 0.4) is 0 Å². The number of nitrogens with one attached hydrogen (secondary N) is 1. The highest BCUT2D eigenvalue weighted by Crippen LogP contribution is 2.14. The van der Waals surface area contributed by atoms with E-state index >= 15 is 0 Å². The van der Waals surface area contributed by atoms with Crippen molar-refractivity contribution in [2.75, 3.05) is 0 Å². The number of nitrogens with zero attached hydrogens (tertiary/aromatic N) is 5. The molecule has 1 N–H and O–H groups in total. The van der Waals surface area contributed by atoms with Gasteiger partial charge in [0.1, 0.15) is 18.1 Å². The largest absolute Gasteiger partial charge is 0.487 e. The van der Waals surface area contributed by atoms with Crippen molar-refractivity contribution in [3.05, 3.63) is 102 Å². The summed E-state index contributed by atoms with van der Waals surface area (Å²) in [6.45, 7) is 2.35. The predicted octanol–water partition coefficient (Wildman–Crippen LogP) is 3.31. The molecule has 8 heteroatoms. The van der Waals surface area contributed by atoms with Crippen molar-refractivity contribution in [2.45, 2.75) is 13.5 Å². The topological polar surface area (TPSA) is 94.3 Å². The summed E-state index contributed by atoms with van der Waals surface area (Å²) in [5.74, 6) is 0.403. The Labute approximate surface area is 179 Å². The van der Waals surface area contributed by atoms with Gasteiger partial charge in [-0.25, -0.2) is 10.1 Å². The number of ether oxygens (including phenoxy) is 1. The molecular weight excluding hydrogens is 392 g/mol. The number of hydrogen-bond donors (Lipinski definition) is 1. The number of amides is 1. The molecule has 8 nitrogen and oxygen atoms in total. The van der Waals surface area contributed by atoms with E-state index < -0.39 is 0 Å². The molecular formula is C23H20N6O2. The van der Waals surface area contributed by atoms with Crippen LogP contribution >= 0.6 is 0 Å². The first-order chi connectivity index (χ1) is 15.2. The van der Waals surface area contributed by atoms with E-state index in [1.807, 2.05) is 61.7 Å². The fourth-order valence-electron chi connectivity index (χ4n) is 2.73. The Morgan fingerprint density at radius 3 is 2.55 bits per heavy atom. The van der Waals surface area contributed by atoms with Gasteiger partial charge in [0, 0.05) is 18.0 Å². The summed E-state index contributed by atoms with van der Waals surface area (Å²) >= 11 is 0. The number of pyridine rings is 1. The van der Waals surface area contributed by atoms with Gasteiger partial charge in [0.2, 0.25) is 0 Å². The smallest absolute Gasteiger partial charge is 0.271 e. The van der Waals surface area contributed by atoms with Gasteiger partial charge in [-0.2, -0.15) is 5.10 Å². The summed E-state index contributed by atoms with van der Waals surface area (Å²) in [4.78, 5) is 15.8. The monoisotopic (exact) mass is 412 g/mol. The molecule has 2 heterocycles. The summed E-state index contributed by atoms with van der Waals surface area (Å²) in [6.07, 6.45) is 6.52. The van der Waals surface area contributed by atoms with E-state index in [0.29, 0.717) is 17.9 Å². The molecule has 0 radical (unpaired) electrons. The zero-order chi connectivity index (χ0) is 21.5. The van der Waals surface area contributed by atoms with Crippen LogP contribution in [0.4, 0.5) is 0 Å². The van der Waals surface area contributed by atoms with Crippen LogP contribution in [-0.2, 0) is 6.61 Å². The number of carbonyl (C=O) groups excluding carboxylic acids is 1. The van der Waals surface area contributed by atoms with Gasteiger partial charge in [0.15, 0.2) is 0 Å². The van der Waals surface area contributed by atoms with Crippen LogP contribution in [0.1, 0.15) is 27.2 Å². The molecule has 0 aliphatic rings. The van der Waals surface area contributed by atoms with E-state index in [1.165, 1.54) is 5.56 Å². The van der Waals surface area contributed by atoms with Gasteiger partial charge in [0.05, 0.1) is 18.1 Å². The standard InChI is InChI=1S/C23H20N6O2/c1-17-2-6-21(7-3-17)29-15-20(26-28-29)16-31-22-8-4-18(5-9-22)14-25-27-23(30)19-10-12-24-13-11-19/h2-15H,16H2,1H3,(H,27,30)/b25-14+. The van der Waals surface area contributed by atoms with Gasteiger partial charge in [-0.15, -0.1) is 5.10 Å². The normalized spacial score (nSPS) is 10.9. The Morgan fingerprint density at radius 2 is 1.81 bits per heavy atom. The number of aryl methyl sites for hydroxylation is 1. The van der Waals surface area contributed by atoms with E-state index in [4.69, 9.17) is 4.74 Å². The molecule has 0 spiro atoms. The van der Waals surface area contributed by atoms with E-state index in [1.54, 1.807) is 35.4 Å². The number of rotatable bonds is 7. The van der Waals surface area contributed by atoms with Crippen LogP contribution in [0.25, 0.3) is 5.69 Å². The van der Waals surface area contributed by atoms with Crippen LogP contribution in [0.5, 0.6) is 5.75 Å². The first-order valence-corrected chi connectivity index (χ1v) is 9.62. The summed E-state index contributed by atoms with van der Waals surface area (Å²) < 4.78 is 7.50. The maximum absolute atomic E-state index is 11.9. The Hall–Kier alpha value is -4.33. The van der Waals surface area contributed by atoms with E-state index in [9.17, 15) is 4.79 Å². The highest BCUT2D eigenvalue weighted by Gasteiger charge is 2.05. The molecule has 31 heavy (non-hydrogen) atoms. The molecule has 0 saturated heterocycles. The molecule has 0 saturated carbocycles. The number of aromatic nitrogens is 4. The summed E-state index contributed by atoms with van der Waals surface area (Å²) in [7, 11) is 0. The van der Waals surface area contributed by atoms with Crippen LogP contribution in [0, 0.1) is 6.92 Å². The summed E-state index contributed by atoms with van der Waals surface area (Å²) in [5, 5.41) is 12.3. The number of hydrazone groups is 1. The van der Waals surface area contributed by atoms with E-state index in [2.05, 4.69) is 25.8 Å². The van der Waals surface area contributed by atoms with Crippen molar-refractivity contribution in [1.82, 2.24) is 25.4 Å². The molecule has 1 amide bonds. The second kappa shape index (κ2) is 9.45. The first kappa shape index (κ1) is 20.0. The van der Waals surface area contributed by atoms with Gasteiger partial charge >= 0.3 is 0 Å². The van der Waals surface area contributed by atoms with Crippen LogP contribution in [0.15, 0.2) is 84.4 Å². The lowest BCUT2D eigenvalue weighted by Gasteiger charge is -2.04. The SMILES string of the molecule is Cc1ccc(-n2cc(COc3ccc(/C=N/NC(=O)c4ccncc4)cc3)nn2)cc1. The lowest BCUT2D eigenvalue weighted by Crippen LogP contribution is -2.17. The third-order valence-corrected chi connectivity index (χ3v) is 4.43. The minimum absolute atomic E-state index is 0.294. The zero-order valence-corrected chi connectivity index (χ0v) is 16.8. The minimum atomic E-state index is -0.294. The summed E-state index contributed by atoms with van der Waals surface area (Å²) in [5.41, 5.74) is 6.67. The van der Waals surface area contributed by atoms with Gasteiger partial charge < -0.3 is 4.74 Å². The molecule has 0 fully saturated rings. The molecule has 4 rings (SSSR count). The van der Waals surface area contributed by atoms with Crippen molar-refractivity contribution in [3.8, 4) is 11.4 Å². The van der Waals surface area contributed by atoms with Gasteiger partial charge in [0.25, 0.3) is 5.91 Å². The van der Waals surface area contributed by atoms with Crippen molar-refractivity contribution >= 4 is 12.1 Å². The van der Waals surface area contributed by atoms with Crippen molar-refractivity contribution in [2.24, 2.45) is 5.10 Å². The van der Waals surface area contributed by atoms with Gasteiger partial charge in [-0.1, -0.05) is 22.9 Å². The van der Waals surface area contributed by atoms with Crippen molar-refractivity contribution in [3.63, 3.8) is 0 Å². The molecule has 0 aliphatic heterocycles. The van der Waals surface area contributed by atoms with Gasteiger partial charge in [-0.3, -0.25) is 9.78 Å².